The summed E-state index contributed by atoms with van der Waals surface area (Å²) in [6, 6.07) is 10.5. The molecule has 0 aliphatic rings. The third-order valence-corrected chi connectivity index (χ3v) is 2.73. The fourth-order valence-electron chi connectivity index (χ4n) is 1.90. The molecule has 1 heterocycles. The third kappa shape index (κ3) is 2.63. The molecule has 1 aromatic heterocycles. The Balaban J connectivity index is 1.92. The normalized spacial score (nSPS) is 10.8. The van der Waals surface area contributed by atoms with E-state index in [1.807, 2.05) is 6.07 Å². The number of aromatic amines is 1. The Hall–Kier alpha value is -1.77. The van der Waals surface area contributed by atoms with Crippen LogP contribution < -0.4 is 5.73 Å². The molecule has 16 heavy (non-hydrogen) atoms. The molecule has 4 N–H and O–H groups in total. The minimum absolute atomic E-state index is 0.289. The molecule has 3 nitrogen and oxygen atoms in total. The van der Waals surface area contributed by atoms with E-state index in [0.717, 1.165) is 19.3 Å². The molecular weight excluding hydrogens is 198 g/mol. The molecule has 0 radical (unpaired) electrons. The van der Waals surface area contributed by atoms with Gasteiger partial charge in [0.1, 0.15) is 0 Å². The maximum absolute atomic E-state index is 7.14. The molecule has 0 atom stereocenters. The van der Waals surface area contributed by atoms with Crippen molar-refractivity contribution in [3.05, 3.63) is 36.0 Å². The Bertz CT molecular complexity index is 452. The quantitative estimate of drug-likeness (QED) is 0.401. The number of aryl methyl sites for hydroxylation is 1. The summed E-state index contributed by atoms with van der Waals surface area (Å²) in [5.74, 6) is 0.289. The summed E-state index contributed by atoms with van der Waals surface area (Å²) in [6.07, 6.45) is 3.80. The first kappa shape index (κ1) is 10.7. The number of amidine groups is 1. The van der Waals surface area contributed by atoms with Gasteiger partial charge in [-0.2, -0.15) is 0 Å². The van der Waals surface area contributed by atoms with Gasteiger partial charge >= 0.3 is 0 Å². The standard InChI is InChI=1S/C13H17N3/c14-13(15)8-4-2-6-11-9-10-5-1-3-7-12(10)16-11/h1,3,5,7,9,16H,2,4,6,8H2,(H3,14,15). The largest absolute Gasteiger partial charge is 0.388 e. The number of unbranched alkanes of at least 4 members (excludes halogenated alkanes) is 1. The smallest absolute Gasteiger partial charge is 0.0905 e. The van der Waals surface area contributed by atoms with E-state index in [0.29, 0.717) is 6.42 Å². The van der Waals surface area contributed by atoms with E-state index in [-0.39, 0.29) is 5.84 Å². The molecule has 3 heteroatoms. The number of hydrogen-bond donors (Lipinski definition) is 3. The maximum atomic E-state index is 7.14. The van der Waals surface area contributed by atoms with Gasteiger partial charge in [0, 0.05) is 17.6 Å². The SMILES string of the molecule is N=C(N)CCCCc1cc2ccccc2[nH]1. The van der Waals surface area contributed by atoms with E-state index in [1.165, 1.54) is 16.6 Å². The lowest BCUT2D eigenvalue weighted by molar-refractivity contribution is 0.748. The van der Waals surface area contributed by atoms with Crippen LogP contribution in [0.1, 0.15) is 25.0 Å². The van der Waals surface area contributed by atoms with Crippen molar-refractivity contribution in [2.75, 3.05) is 0 Å². The molecule has 0 saturated carbocycles. The van der Waals surface area contributed by atoms with E-state index in [9.17, 15) is 0 Å². The zero-order valence-corrected chi connectivity index (χ0v) is 9.29. The summed E-state index contributed by atoms with van der Waals surface area (Å²) < 4.78 is 0. The van der Waals surface area contributed by atoms with Crippen molar-refractivity contribution in [2.45, 2.75) is 25.7 Å². The van der Waals surface area contributed by atoms with Crippen LogP contribution in [0.4, 0.5) is 0 Å². The number of para-hydroxylation sites is 1. The average Bonchev–Trinajstić information content (AvgIpc) is 2.66. The van der Waals surface area contributed by atoms with Gasteiger partial charge < -0.3 is 10.7 Å². The van der Waals surface area contributed by atoms with Crippen LogP contribution in [0.25, 0.3) is 10.9 Å². The minimum atomic E-state index is 0.289. The van der Waals surface area contributed by atoms with Crippen LogP contribution in [0.5, 0.6) is 0 Å². The second kappa shape index (κ2) is 4.84. The molecule has 0 saturated heterocycles. The number of nitrogens with two attached hydrogens (primary N) is 1. The molecule has 0 aliphatic heterocycles. The summed E-state index contributed by atoms with van der Waals surface area (Å²) >= 11 is 0. The van der Waals surface area contributed by atoms with Gasteiger partial charge in [0.15, 0.2) is 0 Å². The zero-order chi connectivity index (χ0) is 11.4. The van der Waals surface area contributed by atoms with E-state index in [1.54, 1.807) is 0 Å². The van der Waals surface area contributed by atoms with Crippen LogP contribution >= 0.6 is 0 Å². The Morgan fingerprint density at radius 3 is 2.81 bits per heavy atom. The summed E-state index contributed by atoms with van der Waals surface area (Å²) in [5, 5.41) is 8.40. The molecule has 84 valence electrons. The Morgan fingerprint density at radius 1 is 1.25 bits per heavy atom. The molecule has 0 spiro atoms. The first-order valence-corrected chi connectivity index (χ1v) is 5.65. The van der Waals surface area contributed by atoms with Gasteiger partial charge in [0.2, 0.25) is 0 Å². The van der Waals surface area contributed by atoms with Gasteiger partial charge in [0.25, 0.3) is 0 Å². The van der Waals surface area contributed by atoms with Gasteiger partial charge in [-0.1, -0.05) is 18.2 Å². The molecule has 0 aliphatic carbocycles. The number of H-pyrrole nitrogens is 1. The summed E-state index contributed by atoms with van der Waals surface area (Å²) in [6.45, 7) is 0. The monoisotopic (exact) mass is 215 g/mol. The van der Waals surface area contributed by atoms with Crippen molar-refractivity contribution in [1.82, 2.24) is 4.98 Å². The number of nitrogens with one attached hydrogen (secondary N) is 2. The van der Waals surface area contributed by atoms with Crippen molar-refractivity contribution in [3.8, 4) is 0 Å². The van der Waals surface area contributed by atoms with Gasteiger partial charge in [-0.15, -0.1) is 0 Å². The first-order chi connectivity index (χ1) is 7.75. The summed E-state index contributed by atoms with van der Waals surface area (Å²) in [5.41, 5.74) is 7.78. The van der Waals surface area contributed by atoms with E-state index in [4.69, 9.17) is 11.1 Å². The number of benzene rings is 1. The van der Waals surface area contributed by atoms with Gasteiger partial charge in [0.05, 0.1) is 5.84 Å². The van der Waals surface area contributed by atoms with Crippen molar-refractivity contribution in [3.63, 3.8) is 0 Å². The molecule has 2 rings (SSSR count). The molecule has 2 aromatic rings. The van der Waals surface area contributed by atoms with Crippen molar-refractivity contribution >= 4 is 16.7 Å². The van der Waals surface area contributed by atoms with Crippen LogP contribution in [0.2, 0.25) is 0 Å². The van der Waals surface area contributed by atoms with Crippen molar-refractivity contribution in [2.24, 2.45) is 5.73 Å². The lowest BCUT2D eigenvalue weighted by Gasteiger charge is -1.98. The average molecular weight is 215 g/mol. The van der Waals surface area contributed by atoms with Crippen molar-refractivity contribution < 1.29 is 0 Å². The highest BCUT2D eigenvalue weighted by Crippen LogP contribution is 2.16. The minimum Gasteiger partial charge on any atom is -0.388 e. The van der Waals surface area contributed by atoms with Gasteiger partial charge in [-0.05, 0) is 36.8 Å². The summed E-state index contributed by atoms with van der Waals surface area (Å²) in [7, 11) is 0. The van der Waals surface area contributed by atoms with E-state index >= 15 is 0 Å². The van der Waals surface area contributed by atoms with Crippen LogP contribution in [-0.4, -0.2) is 10.8 Å². The molecule has 0 bridgehead atoms. The highest BCUT2D eigenvalue weighted by atomic mass is 14.7. The lowest BCUT2D eigenvalue weighted by atomic mass is 10.1. The molecule has 1 aromatic carbocycles. The van der Waals surface area contributed by atoms with Crippen LogP contribution in [0.3, 0.4) is 0 Å². The highest BCUT2D eigenvalue weighted by molar-refractivity contribution is 5.80. The summed E-state index contributed by atoms with van der Waals surface area (Å²) in [4.78, 5) is 3.40. The topological polar surface area (TPSA) is 65.7 Å². The second-order valence-electron chi connectivity index (χ2n) is 4.11. The first-order valence-electron chi connectivity index (χ1n) is 5.65. The molecule has 0 amide bonds. The predicted molar refractivity (Wildman–Crippen MR) is 67.8 cm³/mol. The predicted octanol–water partition coefficient (Wildman–Crippen LogP) is 2.82. The molecule has 0 unspecified atom stereocenters. The molecule has 0 fully saturated rings. The fraction of sp³-hybridized carbons (Fsp3) is 0.308. The van der Waals surface area contributed by atoms with E-state index < -0.39 is 0 Å². The maximum Gasteiger partial charge on any atom is 0.0905 e. The Morgan fingerprint density at radius 2 is 2.06 bits per heavy atom. The van der Waals surface area contributed by atoms with Gasteiger partial charge in [-0.25, -0.2) is 0 Å². The number of fused-ring (bicyclic) bond motifs is 1. The Kier molecular flexibility index (Phi) is 3.25. The van der Waals surface area contributed by atoms with E-state index in [2.05, 4.69) is 29.2 Å². The van der Waals surface area contributed by atoms with Crippen LogP contribution in [0.15, 0.2) is 30.3 Å². The highest BCUT2D eigenvalue weighted by Gasteiger charge is 1.99. The second-order valence-corrected chi connectivity index (χ2v) is 4.11. The fourth-order valence-corrected chi connectivity index (χ4v) is 1.90. The number of aromatic nitrogens is 1. The lowest BCUT2D eigenvalue weighted by Crippen LogP contribution is -2.08. The van der Waals surface area contributed by atoms with Crippen LogP contribution in [-0.2, 0) is 6.42 Å². The third-order valence-electron chi connectivity index (χ3n) is 2.73. The number of hydrogen-bond acceptors (Lipinski definition) is 1. The van der Waals surface area contributed by atoms with Crippen LogP contribution in [0, 0.1) is 5.41 Å². The Labute approximate surface area is 95.2 Å². The number of rotatable bonds is 5. The molecular formula is C13H17N3. The zero-order valence-electron chi connectivity index (χ0n) is 9.29. The van der Waals surface area contributed by atoms with Gasteiger partial charge in [-0.3, -0.25) is 5.41 Å². The van der Waals surface area contributed by atoms with Crippen molar-refractivity contribution in [1.29, 1.82) is 5.41 Å².